The highest BCUT2D eigenvalue weighted by Crippen LogP contribution is 2.27. The standard InChI is InChI=1S/C14H8O2.C14H14.C13H8OS.7C2H6/c15-13-9-5-1-2-6-10(9)14(16)12-8-4-3-7-11(12)13;1-3-6-12-10-14-8-5-4-7-13(14)9-11(12)2;14-13-9-5-1-3-7-11(9)15-12-8-4-2-6-10(12)13;7*1-2/h1-8H;3-10H,1-2H3;1-8H;7*1-2H3/b;6-3-;;;;;;;;. The molecule has 3 nitrogen and oxygen atoms in total. The zero-order valence-electron chi connectivity index (χ0n) is 39.0. The maximum Gasteiger partial charge on any atom is 0.195 e. The van der Waals surface area contributed by atoms with Gasteiger partial charge in [-0.05, 0) is 66.1 Å². The Kier molecular flexibility index (Phi) is 31.6. The minimum atomic E-state index is -0.0641. The van der Waals surface area contributed by atoms with E-state index in [0.29, 0.717) is 22.3 Å². The van der Waals surface area contributed by atoms with Crippen molar-refractivity contribution in [2.75, 3.05) is 0 Å². The van der Waals surface area contributed by atoms with Crippen molar-refractivity contribution in [3.8, 4) is 0 Å². The van der Waals surface area contributed by atoms with Gasteiger partial charge in [-0.15, -0.1) is 11.3 Å². The molecule has 0 saturated heterocycles. The SMILES string of the molecule is C/C=C\c1cc2ccccc2cc1C.CC.CC.CC.CC.CC.CC.CC.O=C1c2ccccc2C(=O)c2ccccc21.O=c1c2ccccc2sc2ccccc12. The fraction of sp³-hybridized carbons (Fsp3) is 0.291. The van der Waals surface area contributed by atoms with E-state index in [4.69, 9.17) is 0 Å². The van der Waals surface area contributed by atoms with Gasteiger partial charge in [0.05, 0.1) is 0 Å². The maximum atomic E-state index is 12.1. The zero-order chi connectivity index (χ0) is 45.3. The monoisotopic (exact) mass is 813 g/mol. The molecule has 0 fully saturated rings. The lowest BCUT2D eigenvalue weighted by Crippen LogP contribution is -2.20. The summed E-state index contributed by atoms with van der Waals surface area (Å²) in [6.45, 7) is 32.2. The van der Waals surface area contributed by atoms with E-state index in [-0.39, 0.29) is 17.0 Å². The molecular weight excluding hydrogens is 741 g/mol. The van der Waals surface area contributed by atoms with Gasteiger partial charge >= 0.3 is 0 Å². The number of rotatable bonds is 1. The largest absolute Gasteiger partial charge is 0.289 e. The second kappa shape index (κ2) is 33.5. The molecule has 0 amide bonds. The van der Waals surface area contributed by atoms with E-state index in [1.54, 1.807) is 59.9 Å². The molecule has 4 heteroatoms. The third-order valence-corrected chi connectivity index (χ3v) is 8.95. The molecule has 0 N–H and O–H groups in total. The summed E-state index contributed by atoms with van der Waals surface area (Å²) >= 11 is 1.67. The molecule has 1 heterocycles. The van der Waals surface area contributed by atoms with Crippen molar-refractivity contribution in [2.45, 2.75) is 111 Å². The Morgan fingerprint density at radius 2 is 0.712 bits per heavy atom. The van der Waals surface area contributed by atoms with Crippen molar-refractivity contribution in [3.05, 3.63) is 183 Å². The van der Waals surface area contributed by atoms with E-state index < -0.39 is 0 Å². The van der Waals surface area contributed by atoms with Crippen molar-refractivity contribution in [1.29, 1.82) is 0 Å². The quantitative estimate of drug-likeness (QED) is 0.155. The topological polar surface area (TPSA) is 51.2 Å². The van der Waals surface area contributed by atoms with Crippen LogP contribution in [0.2, 0.25) is 0 Å². The minimum absolute atomic E-state index is 0.0641. The number of hydrogen-bond acceptors (Lipinski definition) is 4. The van der Waals surface area contributed by atoms with Crippen LogP contribution in [-0.2, 0) is 0 Å². The summed E-state index contributed by atoms with van der Waals surface area (Å²) in [7, 11) is 0. The molecule has 0 atom stereocenters. The van der Waals surface area contributed by atoms with Crippen molar-refractivity contribution in [2.24, 2.45) is 0 Å². The Balaban J connectivity index is 0. The molecule has 0 bridgehead atoms. The predicted molar refractivity (Wildman–Crippen MR) is 268 cm³/mol. The van der Waals surface area contributed by atoms with E-state index >= 15 is 0 Å². The van der Waals surface area contributed by atoms with Crippen molar-refractivity contribution in [1.82, 2.24) is 0 Å². The van der Waals surface area contributed by atoms with Crippen molar-refractivity contribution < 1.29 is 9.59 Å². The molecule has 7 aromatic rings. The number of fused-ring (bicyclic) bond motifs is 5. The van der Waals surface area contributed by atoms with Crippen molar-refractivity contribution in [3.63, 3.8) is 0 Å². The first-order valence-electron chi connectivity index (χ1n) is 21.8. The number of benzene rings is 6. The average molecular weight is 813 g/mol. The summed E-state index contributed by atoms with van der Waals surface area (Å²) in [5, 5.41) is 4.27. The van der Waals surface area contributed by atoms with Gasteiger partial charge in [-0.1, -0.05) is 212 Å². The van der Waals surface area contributed by atoms with E-state index in [9.17, 15) is 14.4 Å². The predicted octanol–water partition coefficient (Wildman–Crippen LogP) is 17.2. The van der Waals surface area contributed by atoms with E-state index in [2.05, 4.69) is 62.4 Å². The molecule has 316 valence electrons. The third kappa shape index (κ3) is 15.7. The molecule has 0 unspecified atom stereocenters. The first-order valence-corrected chi connectivity index (χ1v) is 22.6. The van der Waals surface area contributed by atoms with Gasteiger partial charge in [-0.25, -0.2) is 0 Å². The first-order chi connectivity index (χ1) is 29.0. The fourth-order valence-corrected chi connectivity index (χ4v) is 6.60. The molecule has 0 aliphatic heterocycles. The Hall–Kier alpha value is -5.45. The third-order valence-electron chi connectivity index (χ3n) is 7.80. The second-order valence-corrected chi connectivity index (χ2v) is 11.8. The molecule has 0 spiro atoms. The van der Waals surface area contributed by atoms with Gasteiger partial charge in [-0.2, -0.15) is 0 Å². The number of carbonyl (C=O) groups is 2. The van der Waals surface area contributed by atoms with Crippen LogP contribution < -0.4 is 5.43 Å². The molecule has 59 heavy (non-hydrogen) atoms. The van der Waals surface area contributed by atoms with Crippen LogP contribution in [0.15, 0.2) is 144 Å². The lowest BCUT2D eigenvalue weighted by atomic mass is 9.84. The Morgan fingerprint density at radius 1 is 0.407 bits per heavy atom. The Labute approximate surface area is 361 Å². The molecule has 1 aliphatic carbocycles. The van der Waals surface area contributed by atoms with E-state index in [1.165, 1.54) is 21.9 Å². The highest BCUT2D eigenvalue weighted by molar-refractivity contribution is 7.24. The summed E-state index contributed by atoms with van der Waals surface area (Å²) < 4.78 is 2.11. The molecule has 6 aromatic carbocycles. The molecule has 0 saturated carbocycles. The number of aryl methyl sites for hydroxylation is 1. The minimum Gasteiger partial charge on any atom is -0.289 e. The second-order valence-electron chi connectivity index (χ2n) is 10.7. The van der Waals surface area contributed by atoms with Crippen molar-refractivity contribution >= 4 is 59.9 Å². The summed E-state index contributed by atoms with van der Waals surface area (Å²) in [4.78, 5) is 36.3. The summed E-state index contributed by atoms with van der Waals surface area (Å²) in [5.41, 5.74) is 4.81. The van der Waals surface area contributed by atoms with Crippen LogP contribution in [-0.4, -0.2) is 11.6 Å². The fourth-order valence-electron chi connectivity index (χ4n) is 5.53. The summed E-state index contributed by atoms with van der Waals surface area (Å²) in [6, 6.07) is 42.4. The van der Waals surface area contributed by atoms with Crippen LogP contribution in [0.1, 0.15) is 147 Å². The summed E-state index contributed by atoms with van der Waals surface area (Å²) in [6.07, 6.45) is 4.23. The van der Waals surface area contributed by atoms with Gasteiger partial charge in [0.2, 0.25) is 0 Å². The lowest BCUT2D eigenvalue weighted by Gasteiger charge is -2.16. The van der Waals surface area contributed by atoms with Gasteiger partial charge in [0.15, 0.2) is 17.0 Å². The van der Waals surface area contributed by atoms with Gasteiger partial charge < -0.3 is 0 Å². The van der Waals surface area contributed by atoms with Gasteiger partial charge in [-0.3, -0.25) is 14.4 Å². The van der Waals surface area contributed by atoms with E-state index in [0.717, 1.165) is 20.2 Å². The summed E-state index contributed by atoms with van der Waals surface area (Å²) in [5.74, 6) is -0.128. The average Bonchev–Trinajstić information content (AvgIpc) is 3.33. The van der Waals surface area contributed by atoms with Crippen LogP contribution in [0, 0.1) is 6.92 Å². The zero-order valence-corrected chi connectivity index (χ0v) is 39.8. The van der Waals surface area contributed by atoms with Gasteiger partial charge in [0, 0.05) is 42.4 Å². The van der Waals surface area contributed by atoms with Crippen LogP contribution >= 0.6 is 11.3 Å². The van der Waals surface area contributed by atoms with Crippen LogP contribution in [0.25, 0.3) is 37.0 Å². The number of allylic oxidation sites excluding steroid dienone is 1. The van der Waals surface area contributed by atoms with Gasteiger partial charge in [0.1, 0.15) is 0 Å². The highest BCUT2D eigenvalue weighted by atomic mass is 32.1. The Bertz CT molecular complexity index is 2150. The van der Waals surface area contributed by atoms with Crippen LogP contribution in [0.5, 0.6) is 0 Å². The normalized spacial score (nSPS) is 9.76. The van der Waals surface area contributed by atoms with E-state index in [1.807, 2.05) is 145 Å². The molecular formula is C55H72O3S. The molecule has 1 aliphatic rings. The molecule has 0 radical (unpaired) electrons. The number of ketones is 2. The lowest BCUT2D eigenvalue weighted by molar-refractivity contribution is 0.0979. The molecule has 1 aromatic heterocycles. The number of carbonyl (C=O) groups excluding carboxylic acids is 2. The molecule has 8 rings (SSSR count). The van der Waals surface area contributed by atoms with Crippen LogP contribution in [0.4, 0.5) is 0 Å². The highest BCUT2D eigenvalue weighted by Gasteiger charge is 2.28. The first kappa shape index (κ1) is 55.6. The van der Waals surface area contributed by atoms with Crippen LogP contribution in [0.3, 0.4) is 0 Å². The number of hydrogen-bond donors (Lipinski definition) is 0. The smallest absolute Gasteiger partial charge is 0.195 e. The van der Waals surface area contributed by atoms with Gasteiger partial charge in [0.25, 0.3) is 0 Å². The maximum absolute atomic E-state index is 12.1. The Morgan fingerprint density at radius 3 is 1.07 bits per heavy atom.